The number of benzene rings is 2. The molecule has 27 heavy (non-hydrogen) atoms. The monoisotopic (exact) mass is 387 g/mol. The normalized spacial score (nSPS) is 18.7. The summed E-state index contributed by atoms with van der Waals surface area (Å²) in [5.41, 5.74) is 0.951. The lowest BCUT2D eigenvalue weighted by molar-refractivity contribution is -0.139. The van der Waals surface area contributed by atoms with Gasteiger partial charge in [-0.1, -0.05) is 11.6 Å². The SMILES string of the molecule is COc1ccc([C@H]2/C(=C(\O)c3ccc(Cl)cc3)C(=O)C(=O)N2C)c(OC)c1. The Morgan fingerprint density at radius 3 is 2.33 bits per heavy atom. The van der Waals surface area contributed by atoms with Crippen molar-refractivity contribution in [2.45, 2.75) is 6.04 Å². The van der Waals surface area contributed by atoms with Crippen molar-refractivity contribution in [2.75, 3.05) is 21.3 Å². The van der Waals surface area contributed by atoms with Crippen LogP contribution in [0.25, 0.3) is 5.76 Å². The molecule has 1 N–H and O–H groups in total. The van der Waals surface area contributed by atoms with Crippen molar-refractivity contribution in [3.05, 3.63) is 64.2 Å². The first-order chi connectivity index (χ1) is 12.9. The quantitative estimate of drug-likeness (QED) is 0.494. The van der Waals surface area contributed by atoms with Gasteiger partial charge in [-0.05, 0) is 36.4 Å². The van der Waals surface area contributed by atoms with E-state index in [1.54, 1.807) is 42.5 Å². The summed E-state index contributed by atoms with van der Waals surface area (Å²) in [6.07, 6.45) is 0. The van der Waals surface area contributed by atoms with Crippen LogP contribution in [0.3, 0.4) is 0 Å². The standard InChI is InChI=1S/C20H18ClNO5/c1-22-17(14-9-8-13(26-2)10-15(14)27-3)16(19(24)20(22)25)18(23)11-4-6-12(21)7-5-11/h4-10,17,23H,1-3H3/b18-16+/t17-/m0/s1. The number of hydrogen-bond donors (Lipinski definition) is 1. The molecule has 1 heterocycles. The Morgan fingerprint density at radius 1 is 1.07 bits per heavy atom. The molecule has 0 saturated carbocycles. The van der Waals surface area contributed by atoms with Gasteiger partial charge in [-0.2, -0.15) is 0 Å². The van der Waals surface area contributed by atoms with Crippen LogP contribution in [0.5, 0.6) is 11.5 Å². The number of carbonyl (C=O) groups excluding carboxylic acids is 2. The first-order valence-corrected chi connectivity index (χ1v) is 8.49. The van der Waals surface area contributed by atoms with E-state index in [0.717, 1.165) is 0 Å². The van der Waals surface area contributed by atoms with Crippen molar-refractivity contribution in [1.82, 2.24) is 4.90 Å². The number of aliphatic hydroxyl groups excluding tert-OH is 1. The summed E-state index contributed by atoms with van der Waals surface area (Å²) in [6, 6.07) is 10.7. The maximum absolute atomic E-state index is 12.6. The van der Waals surface area contributed by atoms with Gasteiger partial charge in [-0.3, -0.25) is 9.59 Å². The highest BCUT2D eigenvalue weighted by atomic mass is 35.5. The molecule has 3 rings (SSSR count). The third-order valence-electron chi connectivity index (χ3n) is 4.53. The van der Waals surface area contributed by atoms with Crippen LogP contribution in [-0.2, 0) is 9.59 Å². The molecule has 0 aliphatic carbocycles. The molecule has 1 aliphatic heterocycles. The zero-order valence-corrected chi connectivity index (χ0v) is 15.8. The van der Waals surface area contributed by atoms with Gasteiger partial charge in [-0.25, -0.2) is 0 Å². The number of hydrogen-bond acceptors (Lipinski definition) is 5. The highest BCUT2D eigenvalue weighted by molar-refractivity contribution is 6.46. The first-order valence-electron chi connectivity index (χ1n) is 8.11. The highest BCUT2D eigenvalue weighted by Crippen LogP contribution is 2.42. The number of aliphatic hydroxyl groups is 1. The predicted octanol–water partition coefficient (Wildman–Crippen LogP) is 3.41. The number of ether oxygens (including phenoxy) is 2. The minimum absolute atomic E-state index is 0.00621. The summed E-state index contributed by atoms with van der Waals surface area (Å²) in [4.78, 5) is 26.2. The van der Waals surface area contributed by atoms with E-state index >= 15 is 0 Å². The van der Waals surface area contributed by atoms with Gasteiger partial charge in [0, 0.05) is 29.3 Å². The zero-order valence-electron chi connectivity index (χ0n) is 15.0. The molecule has 6 nitrogen and oxygen atoms in total. The minimum Gasteiger partial charge on any atom is -0.507 e. The number of Topliss-reactive ketones (excluding diaryl/α,β-unsaturated/α-hetero) is 1. The number of nitrogens with zero attached hydrogens (tertiary/aromatic N) is 1. The molecule has 2 aromatic carbocycles. The molecule has 1 fully saturated rings. The average molecular weight is 388 g/mol. The van der Waals surface area contributed by atoms with Gasteiger partial charge in [-0.15, -0.1) is 0 Å². The molecular weight excluding hydrogens is 370 g/mol. The van der Waals surface area contributed by atoms with Gasteiger partial charge in [0.15, 0.2) is 0 Å². The van der Waals surface area contributed by atoms with Crippen LogP contribution in [0.2, 0.25) is 5.02 Å². The molecule has 1 atom stereocenters. The highest BCUT2D eigenvalue weighted by Gasteiger charge is 2.45. The Hall–Kier alpha value is -2.99. The molecule has 1 amide bonds. The van der Waals surface area contributed by atoms with Crippen molar-refractivity contribution >= 4 is 29.1 Å². The largest absolute Gasteiger partial charge is 0.507 e. The fourth-order valence-electron chi connectivity index (χ4n) is 3.12. The first kappa shape index (κ1) is 18.8. The number of likely N-dealkylation sites (N-methyl/N-ethyl adjacent to an activating group) is 1. The van der Waals surface area contributed by atoms with E-state index in [9.17, 15) is 14.7 Å². The molecule has 1 aliphatic rings. The van der Waals surface area contributed by atoms with Crippen LogP contribution in [0.15, 0.2) is 48.0 Å². The Balaban J connectivity index is 2.20. The number of rotatable bonds is 4. The summed E-state index contributed by atoms with van der Waals surface area (Å²) in [7, 11) is 4.52. The van der Waals surface area contributed by atoms with Gasteiger partial charge in [0.25, 0.3) is 11.7 Å². The molecule has 0 aromatic heterocycles. The van der Waals surface area contributed by atoms with Gasteiger partial charge in [0.1, 0.15) is 17.3 Å². The maximum atomic E-state index is 12.6. The van der Waals surface area contributed by atoms with Crippen molar-refractivity contribution in [3.8, 4) is 11.5 Å². The van der Waals surface area contributed by atoms with E-state index in [1.165, 1.54) is 26.2 Å². The Bertz CT molecular complexity index is 936. The maximum Gasteiger partial charge on any atom is 0.295 e. The van der Waals surface area contributed by atoms with Crippen LogP contribution in [0.4, 0.5) is 0 Å². The number of carbonyl (C=O) groups is 2. The second-order valence-electron chi connectivity index (χ2n) is 6.02. The van der Waals surface area contributed by atoms with Crippen LogP contribution in [-0.4, -0.2) is 43.0 Å². The molecule has 1 saturated heterocycles. The second-order valence-corrected chi connectivity index (χ2v) is 6.46. The molecule has 2 aromatic rings. The molecular formula is C20H18ClNO5. The summed E-state index contributed by atoms with van der Waals surface area (Å²) < 4.78 is 10.6. The smallest absolute Gasteiger partial charge is 0.295 e. The van der Waals surface area contributed by atoms with Crippen LogP contribution in [0.1, 0.15) is 17.2 Å². The molecule has 0 bridgehead atoms. The summed E-state index contributed by atoms with van der Waals surface area (Å²) in [6.45, 7) is 0. The van der Waals surface area contributed by atoms with Crippen molar-refractivity contribution in [1.29, 1.82) is 0 Å². The Labute approximate surface area is 161 Å². The van der Waals surface area contributed by atoms with E-state index in [-0.39, 0.29) is 11.3 Å². The van der Waals surface area contributed by atoms with E-state index in [0.29, 0.717) is 27.6 Å². The number of methoxy groups -OCH3 is 2. The molecule has 0 unspecified atom stereocenters. The van der Waals surface area contributed by atoms with E-state index in [4.69, 9.17) is 21.1 Å². The summed E-state index contributed by atoms with van der Waals surface area (Å²) >= 11 is 5.89. The van der Waals surface area contributed by atoms with E-state index in [1.807, 2.05) is 0 Å². The predicted molar refractivity (Wildman–Crippen MR) is 101 cm³/mol. The number of likely N-dealkylation sites (tertiary alicyclic amines) is 1. The fraction of sp³-hybridized carbons (Fsp3) is 0.200. The van der Waals surface area contributed by atoms with Gasteiger partial charge in [0.2, 0.25) is 0 Å². The summed E-state index contributed by atoms with van der Waals surface area (Å²) in [5.74, 6) is -0.713. The molecule has 0 spiro atoms. The topological polar surface area (TPSA) is 76.1 Å². The third kappa shape index (κ3) is 3.24. The third-order valence-corrected chi connectivity index (χ3v) is 4.78. The van der Waals surface area contributed by atoms with Crippen LogP contribution in [0, 0.1) is 0 Å². The van der Waals surface area contributed by atoms with Crippen molar-refractivity contribution < 1.29 is 24.2 Å². The van der Waals surface area contributed by atoms with Gasteiger partial charge < -0.3 is 19.5 Å². The van der Waals surface area contributed by atoms with Crippen LogP contribution >= 0.6 is 11.6 Å². The number of amides is 1. The number of halogens is 1. The lowest BCUT2D eigenvalue weighted by Gasteiger charge is -2.23. The lowest BCUT2D eigenvalue weighted by atomic mass is 9.94. The molecule has 0 radical (unpaired) electrons. The zero-order chi connectivity index (χ0) is 19.7. The van der Waals surface area contributed by atoms with Crippen molar-refractivity contribution in [3.63, 3.8) is 0 Å². The fourth-order valence-corrected chi connectivity index (χ4v) is 3.25. The van der Waals surface area contributed by atoms with Gasteiger partial charge >= 0.3 is 0 Å². The summed E-state index contributed by atoms with van der Waals surface area (Å²) in [5, 5.41) is 11.3. The van der Waals surface area contributed by atoms with Crippen LogP contribution < -0.4 is 9.47 Å². The second kappa shape index (κ2) is 7.32. The Kier molecular flexibility index (Phi) is 5.10. The van der Waals surface area contributed by atoms with Crippen molar-refractivity contribution in [2.24, 2.45) is 0 Å². The molecule has 140 valence electrons. The Morgan fingerprint density at radius 2 is 1.74 bits per heavy atom. The average Bonchev–Trinajstić information content (AvgIpc) is 2.91. The lowest BCUT2D eigenvalue weighted by Crippen LogP contribution is -2.25. The van der Waals surface area contributed by atoms with Gasteiger partial charge in [0.05, 0.1) is 25.8 Å². The number of ketones is 1. The minimum atomic E-state index is -0.790. The molecule has 7 heteroatoms. The van der Waals surface area contributed by atoms with E-state index < -0.39 is 17.7 Å². The van der Waals surface area contributed by atoms with E-state index in [2.05, 4.69) is 0 Å².